The Bertz CT molecular complexity index is 1380. The monoisotopic (exact) mass is 373 g/mol. The minimum absolute atomic E-state index is 0.805. The van der Waals surface area contributed by atoms with E-state index in [0.717, 1.165) is 17.1 Å². The van der Waals surface area contributed by atoms with Crippen molar-refractivity contribution in [2.45, 2.75) is 6.55 Å². The van der Waals surface area contributed by atoms with Crippen molar-refractivity contribution in [3.8, 4) is 22.6 Å². The molecule has 6 rings (SSSR count). The van der Waals surface area contributed by atoms with Crippen molar-refractivity contribution in [2.24, 2.45) is 0 Å². The quantitative estimate of drug-likeness (QED) is 0.315. The molecule has 0 bridgehead atoms. The molecule has 3 heteroatoms. The van der Waals surface area contributed by atoms with Crippen molar-refractivity contribution in [1.82, 2.24) is 9.97 Å². The van der Waals surface area contributed by atoms with Crippen LogP contribution in [0, 0.1) is 0 Å². The van der Waals surface area contributed by atoms with Gasteiger partial charge in [0.1, 0.15) is 8.80 Å². The highest BCUT2D eigenvalue weighted by Crippen LogP contribution is 2.36. The van der Waals surface area contributed by atoms with Gasteiger partial charge in [-0.2, -0.15) is 0 Å². The Kier molecular flexibility index (Phi) is 3.28. The van der Waals surface area contributed by atoms with E-state index in [1.54, 1.807) is 0 Å². The molecule has 0 atom stereocenters. The zero-order valence-electron chi connectivity index (χ0n) is 15.5. The van der Waals surface area contributed by atoms with E-state index in [2.05, 4.69) is 73.4 Å². The average Bonchev–Trinajstić information content (AvgIpc) is 3.07. The Balaban J connectivity index is 1.75. The third-order valence-corrected chi connectivity index (χ3v) is 8.21. The maximum absolute atomic E-state index is 5.09. The maximum atomic E-state index is 5.09. The molecule has 0 amide bonds. The minimum atomic E-state index is -0.909. The molecule has 1 aliphatic heterocycles. The van der Waals surface area contributed by atoms with Crippen LogP contribution in [0.5, 0.6) is 0 Å². The van der Waals surface area contributed by atoms with Crippen LogP contribution >= 0.6 is 0 Å². The Morgan fingerprint density at radius 1 is 0.679 bits per heavy atom. The van der Waals surface area contributed by atoms with Gasteiger partial charge in [0.2, 0.25) is 0 Å². The largest absolute Gasteiger partial charge is 0.237 e. The van der Waals surface area contributed by atoms with Gasteiger partial charge < -0.3 is 0 Å². The van der Waals surface area contributed by atoms with E-state index in [1.165, 1.54) is 37.5 Å². The van der Waals surface area contributed by atoms with Gasteiger partial charge in [0.15, 0.2) is 5.82 Å². The molecule has 4 aromatic carbocycles. The summed E-state index contributed by atoms with van der Waals surface area (Å²) >= 11 is 0. The van der Waals surface area contributed by atoms with Crippen molar-refractivity contribution in [3.63, 3.8) is 0 Å². The lowest BCUT2D eigenvalue weighted by Crippen LogP contribution is -2.35. The lowest BCUT2D eigenvalue weighted by atomic mass is 9.95. The molecule has 1 aliphatic rings. The molecule has 28 heavy (non-hydrogen) atoms. The Labute approximate surface area is 165 Å². The summed E-state index contributed by atoms with van der Waals surface area (Å²) < 4.78 is 0. The Morgan fingerprint density at radius 3 is 2.04 bits per heavy atom. The summed E-state index contributed by atoms with van der Waals surface area (Å²) in [6, 6.07) is 27.8. The number of aromatic nitrogens is 2. The third-order valence-electron chi connectivity index (χ3n) is 5.77. The summed E-state index contributed by atoms with van der Waals surface area (Å²) in [7, 11) is -0.909. The minimum Gasteiger partial charge on any atom is -0.237 e. The summed E-state index contributed by atoms with van der Waals surface area (Å²) in [6.45, 7) is 2.38. The van der Waals surface area contributed by atoms with Crippen LogP contribution in [0.2, 0.25) is 6.55 Å². The Hall–Kier alpha value is -3.30. The van der Waals surface area contributed by atoms with Gasteiger partial charge in [-0.25, -0.2) is 9.97 Å². The van der Waals surface area contributed by atoms with E-state index in [9.17, 15) is 0 Å². The predicted molar refractivity (Wildman–Crippen MR) is 119 cm³/mol. The van der Waals surface area contributed by atoms with Crippen LogP contribution in [-0.4, -0.2) is 18.8 Å². The van der Waals surface area contributed by atoms with Crippen LogP contribution in [0.25, 0.3) is 44.2 Å². The van der Waals surface area contributed by atoms with E-state index in [4.69, 9.17) is 9.97 Å². The summed E-state index contributed by atoms with van der Waals surface area (Å²) in [5, 5.41) is 8.11. The number of rotatable bonds is 1. The normalized spacial score (nSPS) is 13.0. The molecule has 0 aliphatic carbocycles. The maximum Gasteiger partial charge on any atom is 0.159 e. The van der Waals surface area contributed by atoms with E-state index in [1.807, 2.05) is 18.2 Å². The van der Waals surface area contributed by atoms with Crippen LogP contribution in [0.3, 0.4) is 0 Å². The first kappa shape index (κ1) is 15.7. The first-order chi connectivity index (χ1) is 13.8. The lowest BCUT2D eigenvalue weighted by molar-refractivity contribution is 1.20. The van der Waals surface area contributed by atoms with Crippen molar-refractivity contribution in [2.75, 3.05) is 0 Å². The number of benzene rings is 4. The topological polar surface area (TPSA) is 25.8 Å². The van der Waals surface area contributed by atoms with Crippen molar-refractivity contribution in [1.29, 1.82) is 0 Å². The first-order valence-electron chi connectivity index (χ1n) is 9.53. The highest BCUT2D eigenvalue weighted by Gasteiger charge is 2.32. The molecule has 2 nitrogen and oxygen atoms in total. The molecule has 131 valence electrons. The van der Waals surface area contributed by atoms with Crippen LogP contribution in [0.4, 0.5) is 0 Å². The van der Waals surface area contributed by atoms with Crippen molar-refractivity contribution in [3.05, 3.63) is 85.1 Å². The van der Waals surface area contributed by atoms with Crippen molar-refractivity contribution >= 4 is 40.7 Å². The zero-order chi connectivity index (χ0) is 18.7. The van der Waals surface area contributed by atoms with Gasteiger partial charge in [-0.15, -0.1) is 0 Å². The van der Waals surface area contributed by atoms with Crippen LogP contribution in [0.15, 0.2) is 85.1 Å². The van der Waals surface area contributed by atoms with Gasteiger partial charge in [0.05, 0.1) is 5.69 Å². The second kappa shape index (κ2) is 5.85. The number of fused-ring (bicyclic) bond motifs is 8. The van der Waals surface area contributed by atoms with Gasteiger partial charge in [-0.05, 0) is 31.9 Å². The van der Waals surface area contributed by atoms with Gasteiger partial charge in [0, 0.05) is 17.3 Å². The predicted octanol–water partition coefficient (Wildman–Crippen LogP) is 4.67. The molecule has 1 radical (unpaired) electrons. The highest BCUT2D eigenvalue weighted by molar-refractivity contribution is 6.90. The summed E-state index contributed by atoms with van der Waals surface area (Å²) in [5.74, 6) is 0.805. The molecular formula is C25H17N2Si. The second-order valence-electron chi connectivity index (χ2n) is 7.29. The van der Waals surface area contributed by atoms with Gasteiger partial charge in [-0.1, -0.05) is 85.4 Å². The third kappa shape index (κ3) is 2.08. The molecule has 2 heterocycles. The first-order valence-corrected chi connectivity index (χ1v) is 11.5. The van der Waals surface area contributed by atoms with Gasteiger partial charge >= 0.3 is 0 Å². The van der Waals surface area contributed by atoms with E-state index in [-0.39, 0.29) is 0 Å². The SMILES string of the molecule is C[Si]1c2cnc(-c3ccccc3)nc2-c2c1c1ccccc1c1ccccc21. The number of hydrogen-bond donors (Lipinski definition) is 0. The van der Waals surface area contributed by atoms with E-state index in [0.29, 0.717) is 0 Å². The standard InChI is InChI=1S/C25H17N2Si/c1-28-21-15-26-25(16-9-3-2-4-10-16)27-23(21)22-19-13-7-5-11-17(19)18-12-6-8-14-20(18)24(22)28/h2-15H,1H3. The van der Waals surface area contributed by atoms with Crippen LogP contribution in [-0.2, 0) is 0 Å². The molecule has 0 N–H and O–H groups in total. The molecule has 5 aromatic rings. The second-order valence-corrected chi connectivity index (χ2v) is 9.58. The Morgan fingerprint density at radius 2 is 1.29 bits per heavy atom. The van der Waals surface area contributed by atoms with E-state index >= 15 is 0 Å². The fourth-order valence-electron chi connectivity index (χ4n) is 4.48. The number of nitrogens with zero attached hydrogens (tertiary/aromatic N) is 2. The summed E-state index contributed by atoms with van der Waals surface area (Å²) in [5.41, 5.74) is 3.51. The van der Waals surface area contributed by atoms with E-state index < -0.39 is 8.80 Å². The summed E-state index contributed by atoms with van der Waals surface area (Å²) in [4.78, 5) is 9.82. The fourth-order valence-corrected chi connectivity index (χ4v) is 6.80. The smallest absolute Gasteiger partial charge is 0.159 e. The zero-order valence-corrected chi connectivity index (χ0v) is 16.5. The molecule has 0 saturated carbocycles. The van der Waals surface area contributed by atoms with Gasteiger partial charge in [0.25, 0.3) is 0 Å². The fraction of sp³-hybridized carbons (Fsp3) is 0.0400. The van der Waals surface area contributed by atoms with Crippen LogP contribution < -0.4 is 10.4 Å². The van der Waals surface area contributed by atoms with Crippen molar-refractivity contribution < 1.29 is 0 Å². The molecule has 0 spiro atoms. The average molecular weight is 374 g/mol. The lowest BCUT2D eigenvalue weighted by Gasteiger charge is -2.13. The van der Waals surface area contributed by atoms with Gasteiger partial charge in [-0.3, -0.25) is 0 Å². The molecular weight excluding hydrogens is 356 g/mol. The van der Waals surface area contributed by atoms with Crippen LogP contribution in [0.1, 0.15) is 0 Å². The highest BCUT2D eigenvalue weighted by atomic mass is 28.3. The summed E-state index contributed by atoms with van der Waals surface area (Å²) in [6.07, 6.45) is 2.07. The molecule has 1 aromatic heterocycles. The number of hydrogen-bond acceptors (Lipinski definition) is 2. The molecule has 0 fully saturated rings. The molecule has 0 saturated heterocycles. The molecule has 0 unspecified atom stereocenters.